The van der Waals surface area contributed by atoms with Crippen molar-refractivity contribution in [1.29, 1.82) is 0 Å². The first-order chi connectivity index (χ1) is 7.65. The minimum atomic E-state index is -1.22. The molecule has 3 N–H and O–H groups in total. The van der Waals surface area contributed by atoms with Gasteiger partial charge < -0.3 is 20.1 Å². The molecule has 1 aromatic heterocycles. The van der Waals surface area contributed by atoms with Crippen LogP contribution in [0.4, 0.5) is 0 Å². The number of hydrogen-bond donors (Lipinski definition) is 3. The molecule has 1 aromatic rings. The first kappa shape index (κ1) is 11.3. The van der Waals surface area contributed by atoms with Crippen molar-refractivity contribution in [1.82, 2.24) is 4.57 Å². The summed E-state index contributed by atoms with van der Waals surface area (Å²) in [5, 5.41) is 28.1. The van der Waals surface area contributed by atoms with Crippen LogP contribution < -0.4 is 5.56 Å². The maximum atomic E-state index is 11.5. The lowest BCUT2D eigenvalue weighted by Gasteiger charge is -2.16. The van der Waals surface area contributed by atoms with Gasteiger partial charge in [0, 0.05) is 12.3 Å². The quantitative estimate of drug-likeness (QED) is 0.569. The number of pyridine rings is 1. The summed E-state index contributed by atoms with van der Waals surface area (Å²) in [5.41, 5.74) is -0.336. The number of aliphatic hydroxyl groups excluding tert-OH is 3. The van der Waals surface area contributed by atoms with Crippen molar-refractivity contribution in [2.24, 2.45) is 0 Å². The number of ether oxygens (including phenoxy) is 1. The summed E-state index contributed by atoms with van der Waals surface area (Å²) >= 11 is 0. The van der Waals surface area contributed by atoms with Gasteiger partial charge >= 0.3 is 0 Å². The van der Waals surface area contributed by atoms with E-state index >= 15 is 0 Å². The number of aromatic nitrogens is 1. The van der Waals surface area contributed by atoms with Crippen LogP contribution in [0.15, 0.2) is 29.2 Å². The Balaban J connectivity index is 2.30. The molecule has 6 heteroatoms. The summed E-state index contributed by atoms with van der Waals surface area (Å²) in [6.45, 7) is -0.406. The summed E-state index contributed by atoms with van der Waals surface area (Å²) in [7, 11) is 0. The van der Waals surface area contributed by atoms with Gasteiger partial charge in [-0.25, -0.2) is 0 Å². The Morgan fingerprint density at radius 2 is 2.06 bits per heavy atom. The predicted molar refractivity (Wildman–Crippen MR) is 53.7 cm³/mol. The van der Waals surface area contributed by atoms with E-state index in [2.05, 4.69) is 0 Å². The van der Waals surface area contributed by atoms with Crippen molar-refractivity contribution in [2.45, 2.75) is 24.5 Å². The highest BCUT2D eigenvalue weighted by atomic mass is 16.6. The zero-order valence-corrected chi connectivity index (χ0v) is 8.43. The lowest BCUT2D eigenvalue weighted by molar-refractivity contribution is -0.0543. The largest absolute Gasteiger partial charge is 0.394 e. The van der Waals surface area contributed by atoms with E-state index in [1.165, 1.54) is 16.8 Å². The van der Waals surface area contributed by atoms with Crippen LogP contribution in [0.25, 0.3) is 0 Å². The molecular formula is C10H13NO5. The van der Waals surface area contributed by atoms with Gasteiger partial charge in [-0.05, 0) is 6.07 Å². The van der Waals surface area contributed by atoms with Crippen molar-refractivity contribution in [3.63, 3.8) is 0 Å². The van der Waals surface area contributed by atoms with Crippen LogP contribution in [0.5, 0.6) is 0 Å². The van der Waals surface area contributed by atoms with Gasteiger partial charge in [0.05, 0.1) is 6.61 Å². The number of nitrogens with zero attached hydrogens (tertiary/aromatic N) is 1. The van der Waals surface area contributed by atoms with Crippen molar-refractivity contribution in [2.75, 3.05) is 6.61 Å². The maximum absolute atomic E-state index is 11.5. The zero-order chi connectivity index (χ0) is 11.7. The van der Waals surface area contributed by atoms with Crippen LogP contribution >= 0.6 is 0 Å². The topological polar surface area (TPSA) is 91.9 Å². The average Bonchev–Trinajstić information content (AvgIpc) is 2.57. The van der Waals surface area contributed by atoms with Gasteiger partial charge in [-0.3, -0.25) is 9.36 Å². The molecule has 0 aromatic carbocycles. The molecule has 0 radical (unpaired) electrons. The fraction of sp³-hybridized carbons (Fsp3) is 0.500. The molecule has 1 aliphatic rings. The fourth-order valence-corrected chi connectivity index (χ4v) is 1.76. The van der Waals surface area contributed by atoms with Crippen molar-refractivity contribution < 1.29 is 20.1 Å². The first-order valence-corrected chi connectivity index (χ1v) is 4.95. The summed E-state index contributed by atoms with van der Waals surface area (Å²) in [6, 6.07) is 4.52. The highest BCUT2D eigenvalue weighted by Gasteiger charge is 2.43. The van der Waals surface area contributed by atoms with Crippen molar-refractivity contribution >= 4 is 0 Å². The average molecular weight is 227 g/mol. The molecule has 1 unspecified atom stereocenters. The molecule has 1 saturated heterocycles. The molecule has 2 rings (SSSR count). The second kappa shape index (κ2) is 4.34. The Hall–Kier alpha value is -1.21. The Bertz CT molecular complexity index is 418. The standard InChI is InChI=1S/C10H13NO5/c12-5-6-8(14)9(15)10(16-6)11-4-2-1-3-7(11)13/h1-4,6,8-10,12,14-15H,5H2/t6-,8-,9-,10?/m1/s1. The molecule has 0 amide bonds. The third-order valence-corrected chi connectivity index (χ3v) is 2.64. The molecule has 0 saturated carbocycles. The maximum Gasteiger partial charge on any atom is 0.252 e. The molecule has 0 aliphatic carbocycles. The van der Waals surface area contributed by atoms with Crippen LogP contribution in [-0.4, -0.2) is 44.8 Å². The van der Waals surface area contributed by atoms with Crippen LogP contribution in [-0.2, 0) is 4.74 Å². The minimum absolute atomic E-state index is 0.336. The van der Waals surface area contributed by atoms with Crippen molar-refractivity contribution in [3.05, 3.63) is 34.7 Å². The molecule has 1 aliphatic heterocycles. The Labute approximate surface area is 91.3 Å². The van der Waals surface area contributed by atoms with Crippen LogP contribution in [0.3, 0.4) is 0 Å². The summed E-state index contributed by atoms with van der Waals surface area (Å²) in [5.74, 6) is 0. The summed E-state index contributed by atoms with van der Waals surface area (Å²) < 4.78 is 6.40. The van der Waals surface area contributed by atoms with Gasteiger partial charge in [-0.1, -0.05) is 6.07 Å². The molecule has 88 valence electrons. The third kappa shape index (κ3) is 1.76. The monoisotopic (exact) mass is 227 g/mol. The zero-order valence-electron chi connectivity index (χ0n) is 8.43. The fourth-order valence-electron chi connectivity index (χ4n) is 1.76. The molecule has 6 nitrogen and oxygen atoms in total. The molecular weight excluding hydrogens is 214 g/mol. The van der Waals surface area contributed by atoms with E-state index in [0.717, 1.165) is 0 Å². The van der Waals surface area contributed by atoms with E-state index in [-0.39, 0.29) is 5.56 Å². The van der Waals surface area contributed by atoms with E-state index in [9.17, 15) is 15.0 Å². The third-order valence-electron chi connectivity index (χ3n) is 2.64. The highest BCUT2D eigenvalue weighted by Crippen LogP contribution is 2.27. The van der Waals surface area contributed by atoms with Gasteiger partial charge in [-0.15, -0.1) is 0 Å². The lowest BCUT2D eigenvalue weighted by Crippen LogP contribution is -2.35. The van der Waals surface area contributed by atoms with Gasteiger partial charge in [0.15, 0.2) is 6.23 Å². The Morgan fingerprint density at radius 1 is 1.31 bits per heavy atom. The van der Waals surface area contributed by atoms with Gasteiger partial charge in [0.25, 0.3) is 5.56 Å². The second-order valence-electron chi connectivity index (χ2n) is 3.68. The summed E-state index contributed by atoms with van der Waals surface area (Å²) in [6.07, 6.45) is -2.78. The highest BCUT2D eigenvalue weighted by molar-refractivity contribution is 4.98. The molecule has 0 spiro atoms. The normalized spacial score (nSPS) is 34.2. The van der Waals surface area contributed by atoms with E-state index in [1.807, 2.05) is 0 Å². The summed E-state index contributed by atoms with van der Waals surface area (Å²) in [4.78, 5) is 11.5. The molecule has 2 heterocycles. The molecule has 0 bridgehead atoms. The molecule has 4 atom stereocenters. The number of rotatable bonds is 2. The van der Waals surface area contributed by atoms with Gasteiger partial charge in [-0.2, -0.15) is 0 Å². The Morgan fingerprint density at radius 3 is 2.62 bits per heavy atom. The first-order valence-electron chi connectivity index (χ1n) is 4.95. The van der Waals surface area contributed by atoms with E-state index in [1.54, 1.807) is 12.1 Å². The van der Waals surface area contributed by atoms with Gasteiger partial charge in [0.1, 0.15) is 18.3 Å². The SMILES string of the molecule is O=c1ccccn1C1O[C@H](CO)[C@@H](O)[C@H]1O. The van der Waals surface area contributed by atoms with Crippen LogP contribution in [0.2, 0.25) is 0 Å². The Kier molecular flexibility index (Phi) is 3.06. The molecule has 1 fully saturated rings. The van der Waals surface area contributed by atoms with E-state index < -0.39 is 31.1 Å². The van der Waals surface area contributed by atoms with E-state index in [0.29, 0.717) is 0 Å². The van der Waals surface area contributed by atoms with Crippen molar-refractivity contribution in [3.8, 4) is 0 Å². The number of hydrogen-bond acceptors (Lipinski definition) is 5. The minimum Gasteiger partial charge on any atom is -0.394 e. The number of aliphatic hydroxyl groups is 3. The van der Waals surface area contributed by atoms with E-state index in [4.69, 9.17) is 9.84 Å². The van der Waals surface area contributed by atoms with Crippen LogP contribution in [0.1, 0.15) is 6.23 Å². The van der Waals surface area contributed by atoms with Crippen LogP contribution in [0, 0.1) is 0 Å². The smallest absolute Gasteiger partial charge is 0.252 e. The molecule has 16 heavy (non-hydrogen) atoms. The lowest BCUT2D eigenvalue weighted by atomic mass is 10.1. The second-order valence-corrected chi connectivity index (χ2v) is 3.68. The van der Waals surface area contributed by atoms with Gasteiger partial charge in [0.2, 0.25) is 0 Å². The predicted octanol–water partition coefficient (Wildman–Crippen LogP) is -1.54.